The minimum Gasteiger partial charge on any atom is -0.393 e. The van der Waals surface area contributed by atoms with Crippen molar-refractivity contribution < 1.29 is 9.90 Å². The van der Waals surface area contributed by atoms with Crippen LogP contribution >= 0.6 is 0 Å². The molecule has 0 saturated heterocycles. The Morgan fingerprint density at radius 3 is 2.55 bits per heavy atom. The molecule has 0 aromatic carbocycles. The van der Waals surface area contributed by atoms with Crippen LogP contribution in [0.25, 0.3) is 0 Å². The lowest BCUT2D eigenvalue weighted by Crippen LogP contribution is -2.51. The van der Waals surface area contributed by atoms with Gasteiger partial charge in [-0.05, 0) is 90.9 Å². The summed E-state index contributed by atoms with van der Waals surface area (Å²) in [6, 6.07) is 0. The van der Waals surface area contributed by atoms with Gasteiger partial charge >= 0.3 is 0 Å². The average Bonchev–Trinajstić information content (AvgIpc) is 3.00. The third-order valence-electron chi connectivity index (χ3n) is 10.0. The Kier molecular flexibility index (Phi) is 5.82. The van der Waals surface area contributed by atoms with Crippen LogP contribution in [-0.2, 0) is 4.79 Å². The number of hydrogen-bond donors (Lipinski definition) is 1. The number of aliphatic hydroxyl groups is 1. The molecule has 29 heavy (non-hydrogen) atoms. The zero-order valence-electron chi connectivity index (χ0n) is 19.6. The van der Waals surface area contributed by atoms with Crippen molar-refractivity contribution in [2.75, 3.05) is 0 Å². The number of fused-ring (bicyclic) bond motifs is 4. The van der Waals surface area contributed by atoms with Gasteiger partial charge in [-0.1, -0.05) is 59.5 Å². The van der Waals surface area contributed by atoms with Crippen molar-refractivity contribution in [2.24, 2.45) is 40.4 Å². The molecule has 4 aliphatic rings. The second kappa shape index (κ2) is 7.81. The van der Waals surface area contributed by atoms with Gasteiger partial charge in [-0.3, -0.25) is 4.79 Å². The Hall–Kier alpha value is -0.630. The highest BCUT2D eigenvalue weighted by Crippen LogP contribution is 2.65. The van der Waals surface area contributed by atoms with Crippen molar-refractivity contribution in [2.45, 2.75) is 111 Å². The molecular formula is C27H44O2. The van der Waals surface area contributed by atoms with E-state index in [1.54, 1.807) is 5.57 Å². The van der Waals surface area contributed by atoms with E-state index in [0.717, 1.165) is 43.4 Å². The lowest BCUT2D eigenvalue weighted by molar-refractivity contribution is -0.127. The van der Waals surface area contributed by atoms with Crippen LogP contribution in [0, 0.1) is 40.4 Å². The summed E-state index contributed by atoms with van der Waals surface area (Å²) < 4.78 is 0. The van der Waals surface area contributed by atoms with Crippen LogP contribution in [0.1, 0.15) is 105 Å². The molecule has 4 rings (SSSR count). The maximum atomic E-state index is 13.4. The van der Waals surface area contributed by atoms with Crippen LogP contribution in [0.3, 0.4) is 0 Å². The Morgan fingerprint density at radius 2 is 1.83 bits per heavy atom. The number of hydrogen-bond acceptors (Lipinski definition) is 2. The van der Waals surface area contributed by atoms with Crippen molar-refractivity contribution in [3.8, 4) is 0 Å². The monoisotopic (exact) mass is 400 g/mol. The molecule has 2 heteroatoms. The highest BCUT2D eigenvalue weighted by molar-refractivity contribution is 5.98. The van der Waals surface area contributed by atoms with Crippen molar-refractivity contribution in [1.29, 1.82) is 0 Å². The Bertz CT molecular complexity index is 676. The maximum absolute atomic E-state index is 13.4. The molecule has 0 spiro atoms. The number of carbonyl (C=O) groups is 1. The summed E-state index contributed by atoms with van der Waals surface area (Å²) in [6.45, 7) is 12.1. The van der Waals surface area contributed by atoms with E-state index in [4.69, 9.17) is 0 Å². The first-order valence-corrected chi connectivity index (χ1v) is 12.6. The van der Waals surface area contributed by atoms with Crippen LogP contribution in [0.2, 0.25) is 0 Å². The summed E-state index contributed by atoms with van der Waals surface area (Å²) in [5, 5.41) is 10.2. The lowest BCUT2D eigenvalue weighted by Gasteiger charge is -2.56. The molecule has 1 N–H and O–H groups in total. The van der Waals surface area contributed by atoms with E-state index in [-0.39, 0.29) is 16.9 Å². The molecule has 4 aliphatic carbocycles. The van der Waals surface area contributed by atoms with Gasteiger partial charge in [0.1, 0.15) is 0 Å². The standard InChI is InChI=1S/C27H44O2/c1-17(2)7-6-8-18(3)21-9-10-22-25-23(12-14-27(21,22)5)26(4)13-11-20(28)15-19(26)16-24(25)29/h17-21,23,28H,6-16H2,1-5H3. The van der Waals surface area contributed by atoms with Crippen molar-refractivity contribution >= 4 is 5.78 Å². The Labute approximate surface area is 178 Å². The largest absolute Gasteiger partial charge is 0.393 e. The fourth-order valence-corrected chi connectivity index (χ4v) is 8.20. The van der Waals surface area contributed by atoms with Gasteiger partial charge in [0.2, 0.25) is 0 Å². The number of ketones is 1. The van der Waals surface area contributed by atoms with E-state index in [1.165, 1.54) is 44.1 Å². The first kappa shape index (κ1) is 21.6. The zero-order chi connectivity index (χ0) is 21.0. The molecule has 164 valence electrons. The summed E-state index contributed by atoms with van der Waals surface area (Å²) >= 11 is 0. The third-order valence-corrected chi connectivity index (χ3v) is 10.0. The molecule has 0 bridgehead atoms. The van der Waals surface area contributed by atoms with Crippen LogP contribution in [-0.4, -0.2) is 17.0 Å². The quantitative estimate of drug-likeness (QED) is 0.556. The number of aliphatic hydroxyl groups excluding tert-OH is 1. The Balaban J connectivity index is 1.59. The minimum atomic E-state index is -0.188. The summed E-state index contributed by atoms with van der Waals surface area (Å²) in [5.41, 5.74) is 3.35. The zero-order valence-corrected chi connectivity index (χ0v) is 19.6. The van der Waals surface area contributed by atoms with Gasteiger partial charge in [0.05, 0.1) is 6.10 Å². The Morgan fingerprint density at radius 1 is 1.07 bits per heavy atom. The SMILES string of the molecule is CC(C)CCCC(C)C1CCC2=C3C(=O)CC4CC(O)CCC4(C)C3CCC21C. The fourth-order valence-electron chi connectivity index (χ4n) is 8.20. The minimum absolute atomic E-state index is 0.188. The fraction of sp³-hybridized carbons (Fsp3) is 0.889. The highest BCUT2D eigenvalue weighted by Gasteiger charge is 2.57. The number of carbonyl (C=O) groups excluding carboxylic acids is 1. The van der Waals surface area contributed by atoms with E-state index in [0.29, 0.717) is 24.0 Å². The molecule has 3 saturated carbocycles. The van der Waals surface area contributed by atoms with Crippen LogP contribution in [0.15, 0.2) is 11.1 Å². The molecule has 0 aromatic rings. The lowest BCUT2D eigenvalue weighted by atomic mass is 9.48. The summed E-state index contributed by atoms with van der Waals surface area (Å²) in [5.74, 6) is 3.62. The van der Waals surface area contributed by atoms with Crippen molar-refractivity contribution in [3.63, 3.8) is 0 Å². The summed E-state index contributed by atoms with van der Waals surface area (Å²) in [7, 11) is 0. The molecule has 3 fully saturated rings. The topological polar surface area (TPSA) is 37.3 Å². The van der Waals surface area contributed by atoms with Gasteiger partial charge in [0.25, 0.3) is 0 Å². The normalized spacial score (nSPS) is 43.2. The van der Waals surface area contributed by atoms with Crippen LogP contribution in [0.4, 0.5) is 0 Å². The van der Waals surface area contributed by atoms with Gasteiger partial charge in [0, 0.05) is 6.42 Å². The predicted molar refractivity (Wildman–Crippen MR) is 120 cm³/mol. The molecule has 7 atom stereocenters. The van der Waals surface area contributed by atoms with Gasteiger partial charge < -0.3 is 5.11 Å². The predicted octanol–water partition coefficient (Wildman–Crippen LogP) is 6.71. The molecule has 0 radical (unpaired) electrons. The average molecular weight is 401 g/mol. The summed E-state index contributed by atoms with van der Waals surface area (Å²) in [4.78, 5) is 13.4. The van der Waals surface area contributed by atoms with Gasteiger partial charge in [-0.15, -0.1) is 0 Å². The van der Waals surface area contributed by atoms with Crippen molar-refractivity contribution in [3.05, 3.63) is 11.1 Å². The highest BCUT2D eigenvalue weighted by atomic mass is 16.3. The van der Waals surface area contributed by atoms with Gasteiger partial charge in [-0.25, -0.2) is 0 Å². The molecule has 0 amide bonds. The first-order valence-electron chi connectivity index (χ1n) is 12.6. The number of Topliss-reactive ketones (excluding diaryl/α,β-unsaturated/α-hetero) is 1. The molecule has 2 nitrogen and oxygen atoms in total. The van der Waals surface area contributed by atoms with Crippen LogP contribution < -0.4 is 0 Å². The van der Waals surface area contributed by atoms with Crippen molar-refractivity contribution in [1.82, 2.24) is 0 Å². The summed E-state index contributed by atoms with van der Waals surface area (Å²) in [6.07, 6.45) is 12.3. The number of rotatable bonds is 5. The van der Waals surface area contributed by atoms with E-state index in [2.05, 4.69) is 34.6 Å². The van der Waals surface area contributed by atoms with Crippen LogP contribution in [0.5, 0.6) is 0 Å². The van der Waals surface area contributed by atoms with Gasteiger partial charge in [-0.2, -0.15) is 0 Å². The smallest absolute Gasteiger partial charge is 0.159 e. The van der Waals surface area contributed by atoms with Gasteiger partial charge in [0.15, 0.2) is 5.78 Å². The maximum Gasteiger partial charge on any atom is 0.159 e. The molecule has 0 heterocycles. The molecule has 0 aliphatic heterocycles. The van der Waals surface area contributed by atoms with E-state index >= 15 is 0 Å². The second-order valence-electron chi connectivity index (χ2n) is 12.1. The first-order chi connectivity index (χ1) is 13.7. The second-order valence-corrected chi connectivity index (χ2v) is 12.1. The third kappa shape index (κ3) is 3.56. The molecule has 7 unspecified atom stereocenters. The van der Waals surface area contributed by atoms with E-state index < -0.39 is 0 Å². The van der Waals surface area contributed by atoms with E-state index in [1.807, 2.05) is 0 Å². The molecule has 0 aromatic heterocycles. The number of allylic oxidation sites excluding steroid dienone is 2. The molecular weight excluding hydrogens is 356 g/mol. The van der Waals surface area contributed by atoms with E-state index in [9.17, 15) is 9.90 Å².